The average molecular weight is 469 g/mol. The zero-order valence-electron chi connectivity index (χ0n) is 19.5. The highest BCUT2D eigenvalue weighted by atomic mass is 32.2. The van der Waals surface area contributed by atoms with Gasteiger partial charge in [-0.3, -0.25) is 0 Å². The van der Waals surface area contributed by atoms with Crippen molar-refractivity contribution in [3.8, 4) is 0 Å². The number of nitrogens with two attached hydrogens (primary N) is 3. The van der Waals surface area contributed by atoms with E-state index in [0.29, 0.717) is 25.7 Å². The molecule has 3 aliphatic rings. The van der Waals surface area contributed by atoms with E-state index in [-0.39, 0.29) is 12.8 Å². The molecule has 10 heteroatoms. The first-order valence-corrected chi connectivity index (χ1v) is 12.8. The Morgan fingerprint density at radius 1 is 0.774 bits per heavy atom. The molecule has 3 aliphatic heterocycles. The number of hydrogen-bond donors (Lipinski definition) is 3. The number of nitrogens with zero attached hydrogens (tertiary/aromatic N) is 3. The fourth-order valence-electron chi connectivity index (χ4n) is 3.84. The van der Waals surface area contributed by atoms with Gasteiger partial charge in [0.2, 0.25) is 0 Å². The van der Waals surface area contributed by atoms with Crippen molar-refractivity contribution in [1.82, 2.24) is 14.7 Å². The smallest absolute Gasteiger partial charge is 0.250 e. The fourth-order valence-corrected chi connectivity index (χ4v) is 4.82. The topological polar surface area (TPSA) is 97.0 Å². The monoisotopic (exact) mass is 468 g/mol. The minimum atomic E-state index is -2.43. The van der Waals surface area contributed by atoms with Gasteiger partial charge in [-0.15, -0.1) is 0 Å². The summed E-state index contributed by atoms with van der Waals surface area (Å²) in [6, 6.07) is 0. The number of hydrogen-bond acceptors (Lipinski definition) is 8. The maximum Gasteiger partial charge on any atom is 0.250 e. The summed E-state index contributed by atoms with van der Waals surface area (Å²) in [5.74, 6) is 0.158. The molecule has 0 saturated carbocycles. The molecule has 31 heavy (non-hydrogen) atoms. The lowest BCUT2D eigenvalue weighted by molar-refractivity contribution is -0.0544. The normalized spacial score (nSPS) is 23.4. The van der Waals surface area contributed by atoms with Gasteiger partial charge in [0, 0.05) is 110 Å². The van der Waals surface area contributed by atoms with Crippen molar-refractivity contribution in [1.29, 1.82) is 0 Å². The lowest BCUT2D eigenvalue weighted by Crippen LogP contribution is -2.41. The van der Waals surface area contributed by atoms with Crippen LogP contribution in [0.1, 0.15) is 25.7 Å². The van der Waals surface area contributed by atoms with E-state index in [1.54, 1.807) is 7.11 Å². The van der Waals surface area contributed by atoms with Crippen molar-refractivity contribution in [2.75, 3.05) is 97.2 Å². The van der Waals surface area contributed by atoms with E-state index in [0.717, 1.165) is 58.7 Å². The summed E-state index contributed by atoms with van der Waals surface area (Å²) in [5, 5.41) is 0. The molecule has 6 N–H and O–H groups in total. The molecular formula is C21H46F2N6OS. The zero-order valence-corrected chi connectivity index (χ0v) is 20.3. The predicted octanol–water partition coefficient (Wildman–Crippen LogP) is 0.726. The number of alkyl halides is 2. The largest absolute Gasteiger partial charge is 0.381 e. The lowest BCUT2D eigenvalue weighted by atomic mass is 10.1. The minimum Gasteiger partial charge on any atom is -0.381 e. The third kappa shape index (κ3) is 13.9. The standard InChI is InChI=1S/C8H18N2O.C7H14F2N2.C6H14N2S/c1-11-8-2-5-10(6-3-8)7-4-9;8-7(9)1-4-11(5-2-7)6-3-10;7-1-2-8-3-5-9-6-4-8/h8H,2-7,9H2,1H3;1-6,10H2;1-7H2. The number of likely N-dealkylation sites (tertiary alicyclic amines) is 2. The number of halogens is 2. The Balaban J connectivity index is 0.000000234. The molecule has 186 valence electrons. The second-order valence-electron chi connectivity index (χ2n) is 8.29. The molecule has 0 aromatic rings. The molecule has 0 aromatic carbocycles. The van der Waals surface area contributed by atoms with Crippen molar-refractivity contribution >= 4 is 11.8 Å². The van der Waals surface area contributed by atoms with Gasteiger partial charge in [0.1, 0.15) is 0 Å². The Bertz CT molecular complexity index is 412. The first kappa shape index (κ1) is 29.0. The molecule has 0 aromatic heterocycles. The van der Waals surface area contributed by atoms with Crippen molar-refractivity contribution in [2.45, 2.75) is 37.7 Å². The van der Waals surface area contributed by atoms with E-state index >= 15 is 0 Å². The van der Waals surface area contributed by atoms with E-state index in [9.17, 15) is 8.78 Å². The summed E-state index contributed by atoms with van der Waals surface area (Å²) in [6.45, 7) is 10.8. The van der Waals surface area contributed by atoms with E-state index in [2.05, 4.69) is 9.80 Å². The molecule has 3 fully saturated rings. The van der Waals surface area contributed by atoms with Crippen LogP contribution in [0, 0.1) is 0 Å². The molecule has 0 radical (unpaired) electrons. The third-order valence-electron chi connectivity index (χ3n) is 5.90. The molecule has 3 rings (SSSR count). The van der Waals surface area contributed by atoms with Crippen LogP contribution in [0.3, 0.4) is 0 Å². The van der Waals surface area contributed by atoms with Crippen LogP contribution < -0.4 is 17.2 Å². The van der Waals surface area contributed by atoms with Crippen molar-refractivity contribution in [3.05, 3.63) is 0 Å². The highest BCUT2D eigenvalue weighted by Crippen LogP contribution is 2.27. The quantitative estimate of drug-likeness (QED) is 0.503. The van der Waals surface area contributed by atoms with Gasteiger partial charge >= 0.3 is 0 Å². The molecule has 7 nitrogen and oxygen atoms in total. The summed E-state index contributed by atoms with van der Waals surface area (Å²) < 4.78 is 30.4. The number of ether oxygens (including phenoxy) is 1. The summed E-state index contributed by atoms with van der Waals surface area (Å²) in [4.78, 5) is 6.81. The van der Waals surface area contributed by atoms with Gasteiger partial charge in [0.05, 0.1) is 6.10 Å². The Hall–Kier alpha value is -0.0700. The molecule has 0 bridgehead atoms. The van der Waals surface area contributed by atoms with E-state index in [4.69, 9.17) is 21.9 Å². The Labute approximate surface area is 192 Å². The van der Waals surface area contributed by atoms with Crippen molar-refractivity contribution in [3.63, 3.8) is 0 Å². The van der Waals surface area contributed by atoms with Crippen LogP contribution in [0.4, 0.5) is 8.78 Å². The maximum atomic E-state index is 12.6. The number of thioether (sulfide) groups is 1. The Morgan fingerprint density at radius 3 is 1.61 bits per heavy atom. The van der Waals surface area contributed by atoms with E-state index in [1.165, 1.54) is 24.6 Å². The summed E-state index contributed by atoms with van der Waals surface area (Å²) in [6.07, 6.45) is 2.80. The predicted molar refractivity (Wildman–Crippen MR) is 128 cm³/mol. The summed E-state index contributed by atoms with van der Waals surface area (Å²) in [7, 11) is 1.79. The average Bonchev–Trinajstić information content (AvgIpc) is 2.78. The molecular weight excluding hydrogens is 422 g/mol. The molecule has 3 saturated heterocycles. The van der Waals surface area contributed by atoms with Gasteiger partial charge in [0.25, 0.3) is 5.92 Å². The van der Waals surface area contributed by atoms with Crippen molar-refractivity contribution in [2.24, 2.45) is 17.2 Å². The first-order chi connectivity index (χ1) is 14.9. The summed E-state index contributed by atoms with van der Waals surface area (Å²) in [5.41, 5.74) is 16.2. The maximum absolute atomic E-state index is 12.6. The molecule has 0 atom stereocenters. The SMILES string of the molecule is COC1CCN(CCN)CC1.NCCN1CCC(F)(F)CC1.NCCN1CCSCC1. The Kier molecular flexibility index (Phi) is 16.3. The van der Waals surface area contributed by atoms with Gasteiger partial charge in [-0.2, -0.15) is 11.8 Å². The minimum absolute atomic E-state index is 0.00694. The van der Waals surface area contributed by atoms with Crippen LogP contribution in [0.2, 0.25) is 0 Å². The number of methoxy groups -OCH3 is 1. The third-order valence-corrected chi connectivity index (χ3v) is 6.84. The van der Waals surface area contributed by atoms with Gasteiger partial charge in [-0.05, 0) is 12.8 Å². The van der Waals surface area contributed by atoms with Crippen LogP contribution in [0.15, 0.2) is 0 Å². The van der Waals surface area contributed by atoms with E-state index < -0.39 is 5.92 Å². The van der Waals surface area contributed by atoms with E-state index in [1.807, 2.05) is 16.7 Å². The van der Waals surface area contributed by atoms with Crippen LogP contribution in [-0.4, -0.2) is 124 Å². The number of rotatable bonds is 7. The molecule has 0 spiro atoms. The zero-order chi connectivity index (χ0) is 23.0. The van der Waals surface area contributed by atoms with Crippen LogP contribution in [-0.2, 0) is 4.74 Å². The van der Waals surface area contributed by atoms with Gasteiger partial charge in [-0.25, -0.2) is 8.78 Å². The van der Waals surface area contributed by atoms with Gasteiger partial charge in [-0.1, -0.05) is 0 Å². The first-order valence-electron chi connectivity index (χ1n) is 11.7. The fraction of sp³-hybridized carbons (Fsp3) is 1.00. The van der Waals surface area contributed by atoms with Crippen molar-refractivity contribution < 1.29 is 13.5 Å². The highest BCUT2D eigenvalue weighted by Gasteiger charge is 2.33. The second kappa shape index (κ2) is 17.4. The Morgan fingerprint density at radius 2 is 1.19 bits per heavy atom. The molecule has 0 unspecified atom stereocenters. The van der Waals surface area contributed by atoms with Crippen LogP contribution >= 0.6 is 11.8 Å². The van der Waals surface area contributed by atoms with Crippen LogP contribution in [0.5, 0.6) is 0 Å². The highest BCUT2D eigenvalue weighted by molar-refractivity contribution is 7.99. The van der Waals surface area contributed by atoms with Gasteiger partial charge in [0.15, 0.2) is 0 Å². The van der Waals surface area contributed by atoms with Gasteiger partial charge < -0.3 is 36.6 Å². The molecule has 0 aliphatic carbocycles. The second-order valence-corrected chi connectivity index (χ2v) is 9.52. The summed E-state index contributed by atoms with van der Waals surface area (Å²) >= 11 is 2.04. The molecule has 0 amide bonds. The lowest BCUT2D eigenvalue weighted by Gasteiger charge is -2.31. The number of piperidine rings is 2. The molecule has 3 heterocycles. The van der Waals surface area contributed by atoms with Crippen LogP contribution in [0.25, 0.3) is 0 Å².